The second-order valence-electron chi connectivity index (χ2n) is 5.92. The zero-order chi connectivity index (χ0) is 15.9. The van der Waals surface area contributed by atoms with Gasteiger partial charge in [-0.15, -0.1) is 0 Å². The number of aromatic amines is 1. The lowest BCUT2D eigenvalue weighted by Gasteiger charge is -2.29. The summed E-state index contributed by atoms with van der Waals surface area (Å²) in [4.78, 5) is 11.2. The molecule has 0 radical (unpaired) electrons. The van der Waals surface area contributed by atoms with Crippen molar-refractivity contribution in [3.63, 3.8) is 0 Å². The predicted octanol–water partition coefficient (Wildman–Crippen LogP) is 0.652. The first-order chi connectivity index (χ1) is 10.4. The molecule has 122 valence electrons. The Morgan fingerprint density at radius 2 is 2.14 bits per heavy atom. The van der Waals surface area contributed by atoms with Gasteiger partial charge < -0.3 is 9.84 Å². The van der Waals surface area contributed by atoms with Crippen LogP contribution < -0.4 is 4.72 Å². The molecule has 1 aromatic rings. The Kier molecular flexibility index (Phi) is 3.96. The summed E-state index contributed by atoms with van der Waals surface area (Å²) in [5.41, 5.74) is -0.0889. The smallest absolute Gasteiger partial charge is 0.340 e. The SMILES string of the molecule is Cc1[nH]nc(S(=O)(=O)NC2CCOC(C3CC3)C2)c1C(=O)O. The van der Waals surface area contributed by atoms with Gasteiger partial charge in [0.1, 0.15) is 5.56 Å². The molecule has 0 bridgehead atoms. The van der Waals surface area contributed by atoms with Gasteiger partial charge in [0, 0.05) is 18.3 Å². The van der Waals surface area contributed by atoms with Crippen molar-refractivity contribution in [1.29, 1.82) is 0 Å². The monoisotopic (exact) mass is 329 g/mol. The van der Waals surface area contributed by atoms with Crippen LogP contribution in [0.2, 0.25) is 0 Å². The average Bonchev–Trinajstić information content (AvgIpc) is 3.20. The van der Waals surface area contributed by atoms with Gasteiger partial charge in [0.25, 0.3) is 10.0 Å². The van der Waals surface area contributed by atoms with E-state index in [2.05, 4.69) is 14.9 Å². The van der Waals surface area contributed by atoms with E-state index in [0.717, 1.165) is 12.8 Å². The maximum Gasteiger partial charge on any atom is 0.340 e. The number of rotatable bonds is 5. The summed E-state index contributed by atoms with van der Waals surface area (Å²) >= 11 is 0. The lowest BCUT2D eigenvalue weighted by molar-refractivity contribution is -0.00755. The van der Waals surface area contributed by atoms with Gasteiger partial charge in [-0.05, 0) is 38.5 Å². The molecule has 2 unspecified atom stereocenters. The van der Waals surface area contributed by atoms with Crippen molar-refractivity contribution in [2.24, 2.45) is 5.92 Å². The molecular formula is C13H19N3O5S. The average molecular weight is 329 g/mol. The molecule has 22 heavy (non-hydrogen) atoms. The van der Waals surface area contributed by atoms with E-state index in [1.807, 2.05) is 0 Å². The van der Waals surface area contributed by atoms with Gasteiger partial charge in [0.05, 0.1) is 6.10 Å². The predicted molar refractivity (Wildman–Crippen MR) is 76.1 cm³/mol. The zero-order valence-electron chi connectivity index (χ0n) is 12.2. The fourth-order valence-corrected chi connectivity index (χ4v) is 4.30. The van der Waals surface area contributed by atoms with Crippen LogP contribution in [-0.4, -0.2) is 48.4 Å². The van der Waals surface area contributed by atoms with Gasteiger partial charge in [-0.25, -0.2) is 17.9 Å². The number of aryl methyl sites for hydroxylation is 1. The summed E-state index contributed by atoms with van der Waals surface area (Å²) in [7, 11) is -3.97. The number of H-pyrrole nitrogens is 1. The highest BCUT2D eigenvalue weighted by atomic mass is 32.2. The number of carboxylic acid groups (broad SMARTS) is 1. The number of hydrogen-bond acceptors (Lipinski definition) is 5. The van der Waals surface area contributed by atoms with Gasteiger partial charge >= 0.3 is 5.97 Å². The number of hydrogen-bond donors (Lipinski definition) is 3. The van der Waals surface area contributed by atoms with Crippen LogP contribution in [0.3, 0.4) is 0 Å². The fraction of sp³-hybridized carbons (Fsp3) is 0.692. The van der Waals surface area contributed by atoms with Crippen molar-refractivity contribution in [2.45, 2.75) is 49.8 Å². The molecule has 1 aromatic heterocycles. The lowest BCUT2D eigenvalue weighted by atomic mass is 10.0. The first kappa shape index (κ1) is 15.4. The Morgan fingerprint density at radius 3 is 2.77 bits per heavy atom. The van der Waals surface area contributed by atoms with Gasteiger partial charge in [0.2, 0.25) is 5.03 Å². The van der Waals surface area contributed by atoms with Gasteiger partial charge in [-0.2, -0.15) is 5.10 Å². The third-order valence-electron chi connectivity index (χ3n) is 4.17. The molecule has 2 aliphatic rings. The summed E-state index contributed by atoms with van der Waals surface area (Å²) in [5.74, 6) is -0.774. The van der Waals surface area contributed by atoms with Crippen molar-refractivity contribution in [3.8, 4) is 0 Å². The normalized spacial score (nSPS) is 26.0. The zero-order valence-corrected chi connectivity index (χ0v) is 13.0. The minimum atomic E-state index is -3.97. The topological polar surface area (TPSA) is 121 Å². The molecule has 1 saturated heterocycles. The Bertz CT molecular complexity index is 680. The van der Waals surface area contributed by atoms with Crippen LogP contribution in [0.5, 0.6) is 0 Å². The van der Waals surface area contributed by atoms with Crippen molar-refractivity contribution in [2.75, 3.05) is 6.61 Å². The molecule has 0 spiro atoms. The van der Waals surface area contributed by atoms with Gasteiger partial charge in [0.15, 0.2) is 0 Å². The highest BCUT2D eigenvalue weighted by Crippen LogP contribution is 2.38. The summed E-state index contributed by atoms with van der Waals surface area (Å²) in [6, 6.07) is -0.247. The molecule has 3 N–H and O–H groups in total. The van der Waals surface area contributed by atoms with Crippen LogP contribution in [-0.2, 0) is 14.8 Å². The van der Waals surface area contributed by atoms with E-state index in [1.165, 1.54) is 6.92 Å². The number of nitrogens with one attached hydrogen (secondary N) is 2. The Morgan fingerprint density at radius 1 is 1.41 bits per heavy atom. The largest absolute Gasteiger partial charge is 0.478 e. The molecule has 2 atom stereocenters. The first-order valence-corrected chi connectivity index (χ1v) is 8.79. The molecule has 0 aromatic carbocycles. The first-order valence-electron chi connectivity index (χ1n) is 7.30. The number of carboxylic acids is 1. The summed E-state index contributed by atoms with van der Waals surface area (Å²) in [5, 5.41) is 14.8. The third kappa shape index (κ3) is 3.01. The number of sulfonamides is 1. The van der Waals surface area contributed by atoms with Gasteiger partial charge in [-0.3, -0.25) is 5.10 Å². The van der Waals surface area contributed by atoms with E-state index in [9.17, 15) is 13.2 Å². The Hall–Kier alpha value is -1.45. The van der Waals surface area contributed by atoms with Crippen molar-refractivity contribution in [1.82, 2.24) is 14.9 Å². The quantitative estimate of drug-likeness (QED) is 0.729. The maximum absolute atomic E-state index is 12.4. The molecular weight excluding hydrogens is 310 g/mol. The van der Waals surface area contributed by atoms with Crippen molar-refractivity contribution < 1.29 is 23.1 Å². The fourth-order valence-electron chi connectivity index (χ4n) is 2.86. The van der Waals surface area contributed by atoms with Crippen molar-refractivity contribution in [3.05, 3.63) is 11.3 Å². The third-order valence-corrected chi connectivity index (χ3v) is 5.62. The lowest BCUT2D eigenvalue weighted by Crippen LogP contribution is -2.43. The molecule has 2 fully saturated rings. The number of nitrogens with zero attached hydrogens (tertiary/aromatic N) is 1. The van der Waals surface area contributed by atoms with Crippen LogP contribution in [0.25, 0.3) is 0 Å². The van der Waals surface area contributed by atoms with Crippen LogP contribution in [0.4, 0.5) is 0 Å². The van der Waals surface area contributed by atoms with Gasteiger partial charge in [-0.1, -0.05) is 0 Å². The summed E-state index contributed by atoms with van der Waals surface area (Å²) < 4.78 is 33.1. The van der Waals surface area contributed by atoms with E-state index in [4.69, 9.17) is 9.84 Å². The number of aromatic carboxylic acids is 1. The Labute approximate surface area is 128 Å². The van der Waals surface area contributed by atoms with E-state index in [1.54, 1.807) is 0 Å². The maximum atomic E-state index is 12.4. The molecule has 1 saturated carbocycles. The van der Waals surface area contributed by atoms with Crippen LogP contribution in [0.15, 0.2) is 5.03 Å². The number of carbonyl (C=O) groups is 1. The van der Waals surface area contributed by atoms with E-state index < -0.39 is 21.0 Å². The van der Waals surface area contributed by atoms with Crippen LogP contribution in [0, 0.1) is 12.8 Å². The molecule has 8 nitrogen and oxygen atoms in total. The number of ether oxygens (including phenoxy) is 1. The van der Waals surface area contributed by atoms with Crippen LogP contribution in [0.1, 0.15) is 41.7 Å². The van der Waals surface area contributed by atoms with Crippen LogP contribution >= 0.6 is 0 Å². The second-order valence-corrected chi connectivity index (χ2v) is 7.55. The minimum Gasteiger partial charge on any atom is -0.478 e. The van der Waals surface area contributed by atoms with E-state index >= 15 is 0 Å². The molecule has 0 amide bonds. The standard InChI is InChI=1S/C13H19N3O5S/c1-7-11(13(17)18)12(15-14-7)22(19,20)16-9-4-5-21-10(6-9)8-2-3-8/h8-10,16H,2-6H2,1H3,(H,14,15)(H,17,18). The summed E-state index contributed by atoms with van der Waals surface area (Å²) in [6.07, 6.45) is 3.56. The van der Waals surface area contributed by atoms with E-state index in [-0.39, 0.29) is 23.4 Å². The van der Waals surface area contributed by atoms with E-state index in [0.29, 0.717) is 25.4 Å². The molecule has 1 aliphatic carbocycles. The minimum absolute atomic E-state index is 0.0984. The molecule has 3 rings (SSSR count). The number of aromatic nitrogens is 2. The second kappa shape index (κ2) is 5.64. The highest BCUT2D eigenvalue weighted by molar-refractivity contribution is 7.89. The molecule has 2 heterocycles. The highest BCUT2D eigenvalue weighted by Gasteiger charge is 2.38. The Balaban J connectivity index is 1.77. The van der Waals surface area contributed by atoms with Crippen molar-refractivity contribution >= 4 is 16.0 Å². The molecule has 1 aliphatic heterocycles. The molecule has 9 heteroatoms. The summed E-state index contributed by atoms with van der Waals surface area (Å²) in [6.45, 7) is 1.99.